The second-order valence-corrected chi connectivity index (χ2v) is 7.67. The third kappa shape index (κ3) is 8.37. The van der Waals surface area contributed by atoms with Gasteiger partial charge in [0, 0.05) is 38.6 Å². The first-order valence-corrected chi connectivity index (χ1v) is 10.6. The second-order valence-electron chi connectivity index (χ2n) is 7.67. The number of hydrogen-bond donors (Lipinski definition) is 1. The molecule has 2 rings (SSSR count). The number of ether oxygens (including phenoxy) is 1. The Hall–Kier alpha value is -2.67. The van der Waals surface area contributed by atoms with Gasteiger partial charge in [-0.25, -0.2) is 0 Å². The SMILES string of the molecule is C=CC(=O)NCCCC[C@H](CC(=O)OCc1ccccc1)C(=O)N1CCN(C)CC1. The average Bonchev–Trinajstić information content (AvgIpc) is 2.77. The molecule has 7 heteroatoms. The van der Waals surface area contributed by atoms with Crippen LogP contribution in [-0.2, 0) is 25.7 Å². The van der Waals surface area contributed by atoms with Crippen LogP contribution in [0.1, 0.15) is 31.2 Å². The molecule has 1 fully saturated rings. The summed E-state index contributed by atoms with van der Waals surface area (Å²) in [6.45, 7) is 7.20. The Morgan fingerprint density at radius 3 is 2.50 bits per heavy atom. The van der Waals surface area contributed by atoms with Gasteiger partial charge in [-0.1, -0.05) is 43.3 Å². The molecule has 1 saturated heterocycles. The summed E-state index contributed by atoms with van der Waals surface area (Å²) in [5.41, 5.74) is 0.922. The summed E-state index contributed by atoms with van der Waals surface area (Å²) < 4.78 is 5.40. The highest BCUT2D eigenvalue weighted by atomic mass is 16.5. The van der Waals surface area contributed by atoms with Crippen molar-refractivity contribution in [2.75, 3.05) is 39.8 Å². The third-order valence-corrected chi connectivity index (χ3v) is 5.28. The summed E-state index contributed by atoms with van der Waals surface area (Å²) in [6.07, 6.45) is 3.40. The highest BCUT2D eigenvalue weighted by molar-refractivity contribution is 5.86. The van der Waals surface area contributed by atoms with Crippen LogP contribution >= 0.6 is 0 Å². The van der Waals surface area contributed by atoms with Gasteiger partial charge in [-0.15, -0.1) is 0 Å². The van der Waals surface area contributed by atoms with E-state index in [1.54, 1.807) is 0 Å². The predicted octanol–water partition coefficient (Wildman–Crippen LogP) is 1.98. The maximum atomic E-state index is 13.0. The number of amides is 2. The Morgan fingerprint density at radius 2 is 1.83 bits per heavy atom. The van der Waals surface area contributed by atoms with E-state index in [0.717, 1.165) is 31.5 Å². The maximum absolute atomic E-state index is 13.0. The molecule has 1 atom stereocenters. The maximum Gasteiger partial charge on any atom is 0.306 e. The molecule has 0 spiro atoms. The minimum Gasteiger partial charge on any atom is -0.461 e. The molecule has 1 aliphatic rings. The molecule has 1 aromatic carbocycles. The van der Waals surface area contributed by atoms with Crippen LogP contribution in [0.25, 0.3) is 0 Å². The summed E-state index contributed by atoms with van der Waals surface area (Å²) in [5.74, 6) is -0.933. The summed E-state index contributed by atoms with van der Waals surface area (Å²) in [7, 11) is 2.04. The van der Waals surface area contributed by atoms with E-state index in [1.165, 1.54) is 6.08 Å². The lowest BCUT2D eigenvalue weighted by Crippen LogP contribution is -2.49. The number of hydrogen-bond acceptors (Lipinski definition) is 5. The molecule has 2 amide bonds. The van der Waals surface area contributed by atoms with Crippen molar-refractivity contribution in [1.82, 2.24) is 15.1 Å². The lowest BCUT2D eigenvalue weighted by Gasteiger charge is -2.34. The number of benzene rings is 1. The highest BCUT2D eigenvalue weighted by Crippen LogP contribution is 2.19. The number of likely N-dealkylation sites (N-methyl/N-ethyl adjacent to an activating group) is 1. The van der Waals surface area contributed by atoms with E-state index in [2.05, 4.69) is 16.8 Å². The molecule has 0 unspecified atom stereocenters. The first kappa shape index (κ1) is 23.6. The molecule has 1 N–H and O–H groups in total. The van der Waals surface area contributed by atoms with Gasteiger partial charge >= 0.3 is 5.97 Å². The van der Waals surface area contributed by atoms with Crippen LogP contribution in [0.4, 0.5) is 0 Å². The Balaban J connectivity index is 1.86. The Kier molecular flexibility index (Phi) is 10.1. The van der Waals surface area contributed by atoms with E-state index in [-0.39, 0.29) is 30.8 Å². The minimum absolute atomic E-state index is 0.0230. The number of unbranched alkanes of at least 4 members (excludes halogenated alkanes) is 1. The fourth-order valence-electron chi connectivity index (χ4n) is 3.40. The van der Waals surface area contributed by atoms with Gasteiger partial charge in [-0.05, 0) is 31.5 Å². The van der Waals surface area contributed by atoms with Crippen molar-refractivity contribution in [3.8, 4) is 0 Å². The van der Waals surface area contributed by atoms with Gasteiger partial charge in [0.1, 0.15) is 6.61 Å². The van der Waals surface area contributed by atoms with Crippen LogP contribution in [0.3, 0.4) is 0 Å². The number of esters is 1. The van der Waals surface area contributed by atoms with Gasteiger partial charge in [0.25, 0.3) is 0 Å². The third-order valence-electron chi connectivity index (χ3n) is 5.28. The quantitative estimate of drug-likeness (QED) is 0.340. The molecule has 1 heterocycles. The molecule has 0 aliphatic carbocycles. The number of rotatable bonds is 11. The topological polar surface area (TPSA) is 78.9 Å². The summed E-state index contributed by atoms with van der Waals surface area (Å²) in [6, 6.07) is 9.50. The van der Waals surface area contributed by atoms with Crippen LogP contribution < -0.4 is 5.32 Å². The molecule has 1 aromatic rings. The Labute approximate surface area is 179 Å². The van der Waals surface area contributed by atoms with Crippen LogP contribution in [0.15, 0.2) is 43.0 Å². The number of piperazine rings is 1. The molecular formula is C23H33N3O4. The molecule has 164 valence electrons. The van der Waals surface area contributed by atoms with E-state index in [1.807, 2.05) is 42.3 Å². The zero-order valence-electron chi connectivity index (χ0n) is 17.8. The van der Waals surface area contributed by atoms with E-state index in [9.17, 15) is 14.4 Å². The number of nitrogens with one attached hydrogen (secondary N) is 1. The summed E-state index contributed by atoms with van der Waals surface area (Å²) in [5, 5.41) is 2.73. The lowest BCUT2D eigenvalue weighted by molar-refractivity contribution is -0.150. The summed E-state index contributed by atoms with van der Waals surface area (Å²) >= 11 is 0. The molecular weight excluding hydrogens is 382 g/mol. The first-order valence-electron chi connectivity index (χ1n) is 10.6. The molecule has 0 bridgehead atoms. The predicted molar refractivity (Wildman–Crippen MR) is 115 cm³/mol. The largest absolute Gasteiger partial charge is 0.461 e. The molecule has 30 heavy (non-hydrogen) atoms. The monoisotopic (exact) mass is 415 g/mol. The second kappa shape index (κ2) is 12.8. The Bertz CT molecular complexity index is 700. The van der Waals surface area contributed by atoms with Gasteiger partial charge in [0.05, 0.1) is 6.42 Å². The standard InChI is InChI=1S/C23H33N3O4/c1-3-21(27)24-12-8-7-11-20(23(29)26-15-13-25(2)14-16-26)17-22(28)30-18-19-9-5-4-6-10-19/h3-6,9-10,20H,1,7-8,11-18H2,2H3,(H,24,27)/t20-/m1/s1. The van der Waals surface area contributed by atoms with Gasteiger partial charge in [0.15, 0.2) is 0 Å². The zero-order valence-corrected chi connectivity index (χ0v) is 17.8. The molecule has 7 nitrogen and oxygen atoms in total. The fraction of sp³-hybridized carbons (Fsp3) is 0.522. The van der Waals surface area contributed by atoms with Gasteiger partial charge in [-0.2, -0.15) is 0 Å². The van der Waals surface area contributed by atoms with Gasteiger partial charge in [0.2, 0.25) is 11.8 Å². The van der Waals surface area contributed by atoms with Crippen molar-refractivity contribution >= 4 is 17.8 Å². The van der Waals surface area contributed by atoms with Crippen molar-refractivity contribution in [2.24, 2.45) is 5.92 Å². The smallest absolute Gasteiger partial charge is 0.306 e. The molecule has 0 aromatic heterocycles. The number of nitrogens with zero attached hydrogens (tertiary/aromatic N) is 2. The molecule has 0 saturated carbocycles. The van der Waals surface area contributed by atoms with Crippen LogP contribution in [0, 0.1) is 5.92 Å². The Morgan fingerprint density at radius 1 is 1.13 bits per heavy atom. The minimum atomic E-state index is -0.396. The summed E-state index contributed by atoms with van der Waals surface area (Å²) in [4.78, 5) is 40.7. The first-order chi connectivity index (χ1) is 14.5. The van der Waals surface area contributed by atoms with Crippen LogP contribution in [0.2, 0.25) is 0 Å². The van der Waals surface area contributed by atoms with Crippen molar-refractivity contribution in [3.63, 3.8) is 0 Å². The van der Waals surface area contributed by atoms with E-state index >= 15 is 0 Å². The van der Waals surface area contributed by atoms with Crippen LogP contribution in [-0.4, -0.2) is 67.4 Å². The molecule has 0 radical (unpaired) electrons. The lowest BCUT2D eigenvalue weighted by atomic mass is 9.96. The normalized spacial score (nSPS) is 15.3. The molecule has 1 aliphatic heterocycles. The van der Waals surface area contributed by atoms with Gasteiger partial charge in [-0.3, -0.25) is 14.4 Å². The van der Waals surface area contributed by atoms with Crippen LogP contribution in [0.5, 0.6) is 0 Å². The highest BCUT2D eigenvalue weighted by Gasteiger charge is 2.28. The van der Waals surface area contributed by atoms with Crippen molar-refractivity contribution in [2.45, 2.75) is 32.3 Å². The number of carbonyl (C=O) groups excluding carboxylic acids is 3. The number of carbonyl (C=O) groups is 3. The van der Waals surface area contributed by atoms with E-state index in [4.69, 9.17) is 4.74 Å². The van der Waals surface area contributed by atoms with Crippen molar-refractivity contribution < 1.29 is 19.1 Å². The van der Waals surface area contributed by atoms with E-state index in [0.29, 0.717) is 26.1 Å². The van der Waals surface area contributed by atoms with Crippen molar-refractivity contribution in [1.29, 1.82) is 0 Å². The van der Waals surface area contributed by atoms with Crippen molar-refractivity contribution in [3.05, 3.63) is 48.6 Å². The van der Waals surface area contributed by atoms with E-state index < -0.39 is 5.92 Å². The average molecular weight is 416 g/mol. The zero-order chi connectivity index (χ0) is 21.8. The fourth-order valence-corrected chi connectivity index (χ4v) is 3.40. The van der Waals surface area contributed by atoms with Gasteiger partial charge < -0.3 is 19.9 Å².